The Morgan fingerprint density at radius 1 is 0.948 bits per heavy atom. The van der Waals surface area contributed by atoms with Crippen molar-refractivity contribution in [2.45, 2.75) is 39.5 Å². The zero-order valence-electron chi connectivity index (χ0n) is 32.8. The van der Waals surface area contributed by atoms with Crippen molar-refractivity contribution in [3.8, 4) is 34.1 Å². The number of halogens is 2. The Bertz CT molecular complexity index is 2550. The van der Waals surface area contributed by atoms with Crippen molar-refractivity contribution in [3.05, 3.63) is 108 Å². The molecule has 0 atom stereocenters. The molecule has 1 aliphatic heterocycles. The summed E-state index contributed by atoms with van der Waals surface area (Å²) in [6.07, 6.45) is 8.12. The van der Waals surface area contributed by atoms with Gasteiger partial charge in [0, 0.05) is 49.1 Å². The molecule has 4 heterocycles. The van der Waals surface area contributed by atoms with E-state index in [4.69, 9.17) is 19.4 Å². The monoisotopic (exact) mass is 809 g/mol. The summed E-state index contributed by atoms with van der Waals surface area (Å²) in [6, 6.07) is 19.8. The quantitative estimate of drug-likeness (QED) is 0.110. The number of rotatable bonds is 14. The van der Waals surface area contributed by atoms with Gasteiger partial charge in [-0.1, -0.05) is 19.1 Å². The summed E-state index contributed by atoms with van der Waals surface area (Å²) in [5.74, 6) is -0.811. The Hall–Kier alpha value is -6.09. The topological polar surface area (TPSA) is 140 Å². The molecular weight excluding hydrogens is 765 g/mol. The van der Waals surface area contributed by atoms with Crippen LogP contribution in [0.4, 0.5) is 31.8 Å². The summed E-state index contributed by atoms with van der Waals surface area (Å²) in [5, 5.41) is 5.75. The van der Waals surface area contributed by atoms with E-state index in [1.807, 2.05) is 35.7 Å². The molecule has 1 fully saturated rings. The molecule has 302 valence electrons. The first-order valence-corrected chi connectivity index (χ1v) is 21.3. The van der Waals surface area contributed by atoms with Gasteiger partial charge in [-0.25, -0.2) is 32.2 Å². The van der Waals surface area contributed by atoms with E-state index in [9.17, 15) is 22.0 Å². The Morgan fingerprint density at radius 3 is 2.43 bits per heavy atom. The molecule has 0 unspecified atom stereocenters. The van der Waals surface area contributed by atoms with Gasteiger partial charge in [-0.3, -0.25) is 9.20 Å². The molecule has 0 aliphatic carbocycles. The zero-order valence-corrected chi connectivity index (χ0v) is 33.6. The Kier molecular flexibility index (Phi) is 11.9. The SMILES string of the molecule is CCOc1cc(N2CCC(CCS(C)(=O)=O)CC2)c(CC)cc1Nc1nccc(-c2c(-c3ccc(OC)c(C(=O)Nc4c(F)cccc4F)c3)nc3ccccn23)n1. The number of hydrogen-bond donors (Lipinski definition) is 2. The summed E-state index contributed by atoms with van der Waals surface area (Å²) in [5.41, 5.74) is 5.21. The number of hydrogen-bond acceptors (Lipinski definition) is 10. The molecule has 1 aliphatic rings. The Morgan fingerprint density at radius 2 is 1.72 bits per heavy atom. The molecule has 1 amide bonds. The fourth-order valence-electron chi connectivity index (χ4n) is 7.35. The number of carbonyl (C=O) groups excluding carboxylic acids is 1. The number of nitrogens with zero attached hydrogens (tertiary/aromatic N) is 5. The highest BCUT2D eigenvalue weighted by Gasteiger charge is 2.25. The van der Waals surface area contributed by atoms with Crippen molar-refractivity contribution in [1.29, 1.82) is 0 Å². The van der Waals surface area contributed by atoms with Crippen molar-refractivity contribution in [2.75, 3.05) is 54.3 Å². The number of benzene rings is 3. The minimum Gasteiger partial charge on any atom is -0.496 e. The third kappa shape index (κ3) is 8.74. The lowest BCUT2D eigenvalue weighted by atomic mass is 9.93. The van der Waals surface area contributed by atoms with Crippen LogP contribution in [0.1, 0.15) is 49.0 Å². The third-order valence-electron chi connectivity index (χ3n) is 10.3. The first-order chi connectivity index (χ1) is 28.0. The van der Waals surface area contributed by atoms with Crippen molar-refractivity contribution >= 4 is 44.4 Å². The maximum absolute atomic E-state index is 14.5. The van der Waals surface area contributed by atoms with Gasteiger partial charge in [0.25, 0.3) is 5.91 Å². The summed E-state index contributed by atoms with van der Waals surface area (Å²) < 4.78 is 66.0. The van der Waals surface area contributed by atoms with Crippen LogP contribution in [-0.4, -0.2) is 72.5 Å². The maximum atomic E-state index is 14.5. The number of ether oxygens (including phenoxy) is 2. The second kappa shape index (κ2) is 17.2. The highest BCUT2D eigenvalue weighted by Crippen LogP contribution is 2.39. The maximum Gasteiger partial charge on any atom is 0.259 e. The van der Waals surface area contributed by atoms with Gasteiger partial charge in [0.2, 0.25) is 5.95 Å². The van der Waals surface area contributed by atoms with E-state index in [2.05, 4.69) is 39.6 Å². The Balaban J connectivity index is 1.21. The number of nitrogens with one attached hydrogen (secondary N) is 2. The van der Waals surface area contributed by atoms with E-state index < -0.39 is 33.1 Å². The molecule has 0 spiro atoms. The van der Waals surface area contributed by atoms with Crippen LogP contribution in [0, 0.1) is 17.6 Å². The van der Waals surface area contributed by atoms with Crippen LogP contribution in [0.5, 0.6) is 11.5 Å². The normalized spacial score (nSPS) is 13.4. The molecule has 12 nitrogen and oxygen atoms in total. The standard InChI is InChI=1S/C43H45F2N7O5S/c1-5-28-25-34(37(57-6-2)26-35(28)51-21-16-27(17-22-51)18-23-58(4,54)55)48-43-46-19-15-33(47-43)41-39(49-38-12-7-8-20-52(38)41)29-13-14-36(56-3)30(24-29)42(53)50-40-31(44)10-9-11-32(40)45/h7-15,19-20,24-27H,5-6,16-18,21-23H2,1-4H3,(H,50,53)(H,46,47,48). The molecular formula is C43H45F2N7O5S. The number of carbonyl (C=O) groups is 1. The average Bonchev–Trinajstić information content (AvgIpc) is 3.61. The molecule has 0 radical (unpaired) electrons. The van der Waals surface area contributed by atoms with E-state index in [1.165, 1.54) is 19.4 Å². The lowest BCUT2D eigenvalue weighted by molar-refractivity contribution is 0.102. The van der Waals surface area contributed by atoms with E-state index in [0.717, 1.165) is 55.7 Å². The van der Waals surface area contributed by atoms with Gasteiger partial charge in [-0.2, -0.15) is 0 Å². The van der Waals surface area contributed by atoms with Crippen LogP contribution in [0.25, 0.3) is 28.3 Å². The number of amides is 1. The fraction of sp³-hybridized carbons (Fsp3) is 0.302. The highest BCUT2D eigenvalue weighted by molar-refractivity contribution is 7.90. The average molecular weight is 810 g/mol. The van der Waals surface area contributed by atoms with E-state index in [1.54, 1.807) is 30.5 Å². The third-order valence-corrected chi connectivity index (χ3v) is 11.3. The van der Waals surface area contributed by atoms with Crippen molar-refractivity contribution in [3.63, 3.8) is 0 Å². The van der Waals surface area contributed by atoms with Crippen LogP contribution in [0.15, 0.2) is 85.2 Å². The minimum atomic E-state index is -2.99. The molecule has 0 saturated carbocycles. The number of imidazole rings is 1. The second-order valence-corrected chi connectivity index (χ2v) is 16.5. The molecule has 15 heteroatoms. The summed E-state index contributed by atoms with van der Waals surface area (Å²) >= 11 is 0. The number of sulfone groups is 1. The van der Waals surface area contributed by atoms with Crippen molar-refractivity contribution < 1.29 is 31.5 Å². The van der Waals surface area contributed by atoms with Gasteiger partial charge in [0.05, 0.1) is 47.8 Å². The predicted octanol–water partition coefficient (Wildman–Crippen LogP) is 8.35. The van der Waals surface area contributed by atoms with Crippen LogP contribution in [-0.2, 0) is 16.3 Å². The number of anilines is 4. The second-order valence-electron chi connectivity index (χ2n) is 14.2. The summed E-state index contributed by atoms with van der Waals surface area (Å²) in [4.78, 5) is 30.3. The van der Waals surface area contributed by atoms with E-state index in [-0.39, 0.29) is 17.1 Å². The minimum absolute atomic E-state index is 0.0469. The number of fused-ring (bicyclic) bond motifs is 1. The number of piperidine rings is 1. The molecule has 2 N–H and O–H groups in total. The Labute approximate surface area is 336 Å². The van der Waals surface area contributed by atoms with Gasteiger partial charge < -0.3 is 25.0 Å². The van der Waals surface area contributed by atoms with Gasteiger partial charge in [0.15, 0.2) is 0 Å². The first kappa shape index (κ1) is 40.1. The van der Waals surface area contributed by atoms with Crippen LogP contribution in [0.2, 0.25) is 0 Å². The molecule has 3 aromatic carbocycles. The van der Waals surface area contributed by atoms with Gasteiger partial charge >= 0.3 is 0 Å². The first-order valence-electron chi connectivity index (χ1n) is 19.2. The predicted molar refractivity (Wildman–Crippen MR) is 222 cm³/mol. The molecule has 3 aromatic heterocycles. The van der Waals surface area contributed by atoms with Crippen LogP contribution >= 0.6 is 0 Å². The van der Waals surface area contributed by atoms with E-state index in [0.29, 0.717) is 64.6 Å². The zero-order chi connectivity index (χ0) is 41.0. The van der Waals surface area contributed by atoms with Gasteiger partial charge in [0.1, 0.15) is 44.3 Å². The number of pyridine rings is 1. The molecule has 6 aromatic rings. The molecule has 1 saturated heterocycles. The number of aryl methyl sites for hydroxylation is 1. The van der Waals surface area contributed by atoms with Gasteiger partial charge in [-0.15, -0.1) is 0 Å². The lowest BCUT2D eigenvalue weighted by Crippen LogP contribution is -2.34. The summed E-state index contributed by atoms with van der Waals surface area (Å²) in [6.45, 7) is 6.14. The van der Waals surface area contributed by atoms with E-state index >= 15 is 0 Å². The number of aromatic nitrogens is 4. The molecule has 0 bridgehead atoms. The van der Waals surface area contributed by atoms with Crippen molar-refractivity contribution in [1.82, 2.24) is 19.4 Å². The van der Waals surface area contributed by atoms with Crippen LogP contribution in [0.3, 0.4) is 0 Å². The summed E-state index contributed by atoms with van der Waals surface area (Å²) in [7, 11) is -1.58. The van der Waals surface area contributed by atoms with Gasteiger partial charge in [-0.05, 0) is 98.7 Å². The lowest BCUT2D eigenvalue weighted by Gasteiger charge is -2.35. The number of para-hydroxylation sites is 1. The smallest absolute Gasteiger partial charge is 0.259 e. The largest absolute Gasteiger partial charge is 0.496 e. The molecule has 7 rings (SSSR count). The van der Waals surface area contributed by atoms with Crippen LogP contribution < -0.4 is 25.0 Å². The van der Waals surface area contributed by atoms with Crippen molar-refractivity contribution in [2.24, 2.45) is 5.92 Å². The fourth-order valence-corrected chi connectivity index (χ4v) is 8.11. The number of methoxy groups -OCH3 is 1. The molecule has 58 heavy (non-hydrogen) atoms. The highest BCUT2D eigenvalue weighted by atomic mass is 32.2.